The number of hydrogen-bond donors (Lipinski definition) is 0. The summed E-state index contributed by atoms with van der Waals surface area (Å²) in [4.78, 5) is 12.6. The van der Waals surface area contributed by atoms with Gasteiger partial charge in [0, 0.05) is 6.07 Å². The SMILES string of the molecule is Cc1cc(OC(=O)c2cccs2)n(C(C)c2ccc(F)c(F)c2)n1. The minimum Gasteiger partial charge on any atom is -0.404 e. The zero-order valence-corrected chi connectivity index (χ0v) is 13.8. The van der Waals surface area contributed by atoms with Crippen LogP contribution in [0.4, 0.5) is 8.78 Å². The lowest BCUT2D eigenvalue weighted by atomic mass is 10.1. The molecule has 0 saturated carbocycles. The second-order valence-corrected chi connectivity index (χ2v) is 6.23. The molecule has 0 bridgehead atoms. The molecule has 0 N–H and O–H groups in total. The Bertz CT molecular complexity index is 875. The van der Waals surface area contributed by atoms with Crippen LogP contribution in [0.5, 0.6) is 5.88 Å². The normalized spacial score (nSPS) is 12.2. The van der Waals surface area contributed by atoms with Gasteiger partial charge in [-0.1, -0.05) is 12.1 Å². The van der Waals surface area contributed by atoms with Gasteiger partial charge >= 0.3 is 5.97 Å². The van der Waals surface area contributed by atoms with Crippen LogP contribution in [-0.4, -0.2) is 15.7 Å². The Balaban J connectivity index is 1.90. The Morgan fingerprint density at radius 1 is 1.25 bits per heavy atom. The highest BCUT2D eigenvalue weighted by molar-refractivity contribution is 7.12. The number of nitrogens with zero attached hydrogens (tertiary/aromatic N) is 2. The van der Waals surface area contributed by atoms with Crippen molar-refractivity contribution < 1.29 is 18.3 Å². The molecule has 2 heterocycles. The topological polar surface area (TPSA) is 44.1 Å². The van der Waals surface area contributed by atoms with Crippen molar-refractivity contribution in [2.45, 2.75) is 19.9 Å². The zero-order chi connectivity index (χ0) is 17.3. The van der Waals surface area contributed by atoms with Gasteiger partial charge in [-0.05, 0) is 43.0 Å². The smallest absolute Gasteiger partial charge is 0.355 e. The molecule has 0 amide bonds. The van der Waals surface area contributed by atoms with Gasteiger partial charge in [0.2, 0.25) is 5.88 Å². The van der Waals surface area contributed by atoms with E-state index in [1.807, 2.05) is 0 Å². The lowest BCUT2D eigenvalue weighted by molar-refractivity contribution is 0.0722. The maximum Gasteiger partial charge on any atom is 0.355 e. The Kier molecular flexibility index (Phi) is 4.44. The molecule has 124 valence electrons. The van der Waals surface area contributed by atoms with E-state index in [9.17, 15) is 13.6 Å². The average Bonchev–Trinajstić information content (AvgIpc) is 3.19. The van der Waals surface area contributed by atoms with Crippen LogP contribution in [0.25, 0.3) is 0 Å². The van der Waals surface area contributed by atoms with Gasteiger partial charge in [-0.2, -0.15) is 5.10 Å². The summed E-state index contributed by atoms with van der Waals surface area (Å²) in [6.07, 6.45) is 0. The fraction of sp³-hybridized carbons (Fsp3) is 0.176. The minimum atomic E-state index is -0.930. The highest BCUT2D eigenvalue weighted by Crippen LogP contribution is 2.26. The van der Waals surface area contributed by atoms with Crippen LogP contribution in [0.3, 0.4) is 0 Å². The number of rotatable bonds is 4. The monoisotopic (exact) mass is 348 g/mol. The van der Waals surface area contributed by atoms with Gasteiger partial charge in [0.15, 0.2) is 11.6 Å². The van der Waals surface area contributed by atoms with E-state index in [1.165, 1.54) is 22.1 Å². The summed E-state index contributed by atoms with van der Waals surface area (Å²) in [5.41, 5.74) is 1.17. The average molecular weight is 348 g/mol. The van der Waals surface area contributed by atoms with E-state index in [-0.39, 0.29) is 5.88 Å². The predicted molar refractivity (Wildman–Crippen MR) is 86.4 cm³/mol. The lowest BCUT2D eigenvalue weighted by Gasteiger charge is -2.15. The van der Waals surface area contributed by atoms with Crippen molar-refractivity contribution in [2.75, 3.05) is 0 Å². The summed E-state index contributed by atoms with van der Waals surface area (Å²) < 4.78 is 33.5. The molecule has 0 saturated heterocycles. The molecule has 1 aromatic carbocycles. The van der Waals surface area contributed by atoms with E-state index in [0.29, 0.717) is 16.1 Å². The quantitative estimate of drug-likeness (QED) is 0.658. The number of thiophene rings is 1. The Hall–Kier alpha value is -2.54. The van der Waals surface area contributed by atoms with Gasteiger partial charge in [-0.25, -0.2) is 18.3 Å². The molecule has 0 fully saturated rings. The van der Waals surface area contributed by atoms with E-state index in [0.717, 1.165) is 12.1 Å². The minimum absolute atomic E-state index is 0.253. The fourth-order valence-electron chi connectivity index (χ4n) is 2.30. The number of carbonyl (C=O) groups excluding carboxylic acids is 1. The van der Waals surface area contributed by atoms with Crippen LogP contribution in [-0.2, 0) is 0 Å². The summed E-state index contributed by atoms with van der Waals surface area (Å²) >= 11 is 1.28. The van der Waals surface area contributed by atoms with E-state index in [1.54, 1.807) is 37.4 Å². The summed E-state index contributed by atoms with van der Waals surface area (Å²) in [6.45, 7) is 3.53. The van der Waals surface area contributed by atoms with Gasteiger partial charge in [-0.15, -0.1) is 11.3 Å². The van der Waals surface area contributed by atoms with Gasteiger partial charge in [0.1, 0.15) is 4.88 Å². The molecule has 3 aromatic rings. The summed E-state index contributed by atoms with van der Waals surface area (Å²) in [5.74, 6) is -2.07. The van der Waals surface area contributed by atoms with Crippen molar-refractivity contribution in [3.8, 4) is 5.88 Å². The maximum atomic E-state index is 13.5. The predicted octanol–water partition coefficient (Wildman–Crippen LogP) is 4.36. The largest absolute Gasteiger partial charge is 0.404 e. The van der Waals surface area contributed by atoms with Crippen molar-refractivity contribution in [3.05, 3.63) is 69.5 Å². The summed E-state index contributed by atoms with van der Waals surface area (Å²) in [7, 11) is 0. The standard InChI is InChI=1S/C17H14F2N2O2S/c1-10-8-16(23-17(22)15-4-3-7-24-15)21(20-10)11(2)12-5-6-13(18)14(19)9-12/h3-9,11H,1-2H3. The first-order valence-corrected chi connectivity index (χ1v) is 8.10. The number of benzene rings is 1. The first kappa shape index (κ1) is 16.3. The number of hydrogen-bond acceptors (Lipinski definition) is 4. The van der Waals surface area contributed by atoms with Crippen LogP contribution in [0.15, 0.2) is 41.8 Å². The third-order valence-electron chi connectivity index (χ3n) is 3.54. The third kappa shape index (κ3) is 3.21. The van der Waals surface area contributed by atoms with Crippen molar-refractivity contribution in [1.29, 1.82) is 0 Å². The molecule has 0 aliphatic carbocycles. The molecular formula is C17H14F2N2O2S. The lowest BCUT2D eigenvalue weighted by Crippen LogP contribution is -2.15. The third-order valence-corrected chi connectivity index (χ3v) is 4.39. The van der Waals surface area contributed by atoms with Gasteiger partial charge in [-0.3, -0.25) is 0 Å². The molecule has 4 nitrogen and oxygen atoms in total. The first-order chi connectivity index (χ1) is 11.5. The molecule has 0 radical (unpaired) electrons. The highest BCUT2D eigenvalue weighted by Gasteiger charge is 2.19. The number of esters is 1. The molecule has 0 aliphatic heterocycles. The molecule has 3 rings (SSSR count). The van der Waals surface area contributed by atoms with Crippen LogP contribution in [0, 0.1) is 18.6 Å². The maximum absolute atomic E-state index is 13.5. The second-order valence-electron chi connectivity index (χ2n) is 5.28. The van der Waals surface area contributed by atoms with E-state index < -0.39 is 23.6 Å². The molecule has 0 spiro atoms. The van der Waals surface area contributed by atoms with Crippen LogP contribution >= 0.6 is 11.3 Å². The highest BCUT2D eigenvalue weighted by atomic mass is 32.1. The molecular weight excluding hydrogens is 334 g/mol. The van der Waals surface area contributed by atoms with Crippen molar-refractivity contribution in [1.82, 2.24) is 9.78 Å². The number of halogens is 2. The van der Waals surface area contributed by atoms with E-state index >= 15 is 0 Å². The Morgan fingerprint density at radius 2 is 2.04 bits per heavy atom. The van der Waals surface area contributed by atoms with Crippen LogP contribution < -0.4 is 4.74 Å². The van der Waals surface area contributed by atoms with E-state index in [2.05, 4.69) is 5.10 Å². The number of aromatic nitrogens is 2. The van der Waals surface area contributed by atoms with Gasteiger partial charge in [0.05, 0.1) is 11.7 Å². The van der Waals surface area contributed by atoms with Crippen LogP contribution in [0.1, 0.15) is 33.9 Å². The number of aryl methyl sites for hydroxylation is 1. The molecule has 2 aromatic heterocycles. The van der Waals surface area contributed by atoms with E-state index in [4.69, 9.17) is 4.74 Å². The second kappa shape index (κ2) is 6.52. The first-order valence-electron chi connectivity index (χ1n) is 7.22. The molecule has 7 heteroatoms. The summed E-state index contributed by atoms with van der Waals surface area (Å²) in [6, 6.07) is 8.27. The van der Waals surface area contributed by atoms with Crippen molar-refractivity contribution >= 4 is 17.3 Å². The zero-order valence-electron chi connectivity index (χ0n) is 13.0. The number of carbonyl (C=O) groups is 1. The van der Waals surface area contributed by atoms with Crippen LogP contribution in [0.2, 0.25) is 0 Å². The molecule has 24 heavy (non-hydrogen) atoms. The Morgan fingerprint density at radius 3 is 2.71 bits per heavy atom. The van der Waals surface area contributed by atoms with Crippen molar-refractivity contribution in [2.24, 2.45) is 0 Å². The fourth-order valence-corrected chi connectivity index (χ4v) is 2.90. The Labute approximate surface area is 141 Å². The van der Waals surface area contributed by atoms with Gasteiger partial charge < -0.3 is 4.74 Å². The van der Waals surface area contributed by atoms with Gasteiger partial charge in [0.25, 0.3) is 0 Å². The van der Waals surface area contributed by atoms with Crippen molar-refractivity contribution in [3.63, 3.8) is 0 Å². The molecule has 1 atom stereocenters. The molecule has 1 unspecified atom stereocenters. The molecule has 0 aliphatic rings. The summed E-state index contributed by atoms with van der Waals surface area (Å²) in [5, 5.41) is 6.08. The number of ether oxygens (including phenoxy) is 1.